The van der Waals surface area contributed by atoms with Crippen molar-refractivity contribution in [3.63, 3.8) is 0 Å². The topological polar surface area (TPSA) is 199 Å². The number of ether oxygens (including phenoxy) is 1. The van der Waals surface area contributed by atoms with Gasteiger partial charge in [0.25, 0.3) is 0 Å². The van der Waals surface area contributed by atoms with Crippen LogP contribution in [0.2, 0.25) is 5.02 Å². The van der Waals surface area contributed by atoms with E-state index in [0.29, 0.717) is 35.5 Å². The maximum absolute atomic E-state index is 14.1. The predicted octanol–water partition coefficient (Wildman–Crippen LogP) is 3.12. The molecule has 3 rings (SSSR count). The van der Waals surface area contributed by atoms with Gasteiger partial charge in [-0.2, -0.15) is 0 Å². The standard InChI is InChI=1S/C32H44ClN7O4/c1-2-44-31(43)26(12-7-17-38-32(36)37)39-30(42)27(21-8-4-3-5-9-21)40-29(41)25(23-10-6-11-24(33)19-23)18-20-13-15-22(16-14-20)28(34)35/h6,10-11,13-16,19,21,25-27H,2-5,7-9,12,17-18H2,1H3,(H3,34,35)(H,39,42)(H,40,41)(H4,36,37,38)/t25-,26?,27-/m0/s1. The Kier molecular flexibility index (Phi) is 13.5. The van der Waals surface area contributed by atoms with E-state index in [1.54, 1.807) is 37.3 Å². The minimum atomic E-state index is -0.914. The van der Waals surface area contributed by atoms with Crippen LogP contribution in [0.25, 0.3) is 0 Å². The van der Waals surface area contributed by atoms with Crippen molar-refractivity contribution in [2.45, 2.75) is 76.3 Å². The van der Waals surface area contributed by atoms with E-state index in [1.165, 1.54) is 0 Å². The molecule has 1 fully saturated rings. The Morgan fingerprint density at radius 1 is 1.02 bits per heavy atom. The minimum absolute atomic E-state index is 0.0422. The molecule has 0 heterocycles. The molecule has 0 saturated heterocycles. The number of guanidine groups is 1. The lowest BCUT2D eigenvalue weighted by atomic mass is 9.82. The first-order chi connectivity index (χ1) is 21.1. The average molecular weight is 626 g/mol. The van der Waals surface area contributed by atoms with E-state index in [-0.39, 0.29) is 36.6 Å². The lowest BCUT2D eigenvalue weighted by Gasteiger charge is -2.32. The molecule has 12 heteroatoms. The number of nitrogens with two attached hydrogens (primary N) is 3. The summed E-state index contributed by atoms with van der Waals surface area (Å²) in [6, 6.07) is 12.5. The van der Waals surface area contributed by atoms with Crippen LogP contribution in [0.15, 0.2) is 53.5 Å². The summed E-state index contributed by atoms with van der Waals surface area (Å²) in [5.74, 6) is -2.14. The number of halogens is 1. The third-order valence-electron chi connectivity index (χ3n) is 7.81. The Bertz CT molecular complexity index is 1310. The highest BCUT2D eigenvalue weighted by Gasteiger charge is 2.35. The summed E-state index contributed by atoms with van der Waals surface area (Å²) in [6.07, 6.45) is 5.57. The molecule has 9 N–H and O–H groups in total. The van der Waals surface area contributed by atoms with Crippen LogP contribution in [0.1, 0.15) is 74.5 Å². The van der Waals surface area contributed by atoms with Crippen LogP contribution in [0.5, 0.6) is 0 Å². The molecule has 1 unspecified atom stereocenters. The van der Waals surface area contributed by atoms with Crippen molar-refractivity contribution in [2.75, 3.05) is 13.2 Å². The predicted molar refractivity (Wildman–Crippen MR) is 172 cm³/mol. The molecular weight excluding hydrogens is 582 g/mol. The maximum atomic E-state index is 14.1. The molecule has 0 aliphatic heterocycles. The molecule has 238 valence electrons. The first kappa shape index (κ1) is 34.4. The van der Waals surface area contributed by atoms with E-state index in [4.69, 9.17) is 38.9 Å². The van der Waals surface area contributed by atoms with Gasteiger partial charge >= 0.3 is 5.97 Å². The van der Waals surface area contributed by atoms with Crippen molar-refractivity contribution in [2.24, 2.45) is 28.1 Å². The number of amidine groups is 1. The Morgan fingerprint density at radius 2 is 1.73 bits per heavy atom. The van der Waals surface area contributed by atoms with Crippen LogP contribution in [0.4, 0.5) is 0 Å². The summed E-state index contributed by atoms with van der Waals surface area (Å²) in [7, 11) is 0. The number of rotatable bonds is 15. The van der Waals surface area contributed by atoms with Gasteiger partial charge in [-0.25, -0.2) is 4.79 Å². The van der Waals surface area contributed by atoms with Crippen molar-refractivity contribution < 1.29 is 19.1 Å². The van der Waals surface area contributed by atoms with Gasteiger partial charge in [0.1, 0.15) is 17.9 Å². The van der Waals surface area contributed by atoms with E-state index >= 15 is 0 Å². The second kappa shape index (κ2) is 17.2. The molecule has 2 aromatic carbocycles. The second-order valence-electron chi connectivity index (χ2n) is 11.1. The summed E-state index contributed by atoms with van der Waals surface area (Å²) in [5.41, 5.74) is 18.6. The molecule has 44 heavy (non-hydrogen) atoms. The van der Waals surface area contributed by atoms with E-state index in [0.717, 1.165) is 37.7 Å². The minimum Gasteiger partial charge on any atom is -0.464 e. The molecule has 1 saturated carbocycles. The van der Waals surface area contributed by atoms with Gasteiger partial charge in [-0.1, -0.05) is 67.3 Å². The number of esters is 1. The van der Waals surface area contributed by atoms with Gasteiger partial charge in [-0.3, -0.25) is 20.0 Å². The number of nitrogens with zero attached hydrogens (tertiary/aromatic N) is 1. The van der Waals surface area contributed by atoms with Crippen LogP contribution in [-0.2, 0) is 25.5 Å². The third-order valence-corrected chi connectivity index (χ3v) is 8.04. The van der Waals surface area contributed by atoms with Gasteiger partial charge in [0.15, 0.2) is 5.96 Å². The van der Waals surface area contributed by atoms with Crippen LogP contribution in [-0.4, -0.2) is 54.8 Å². The number of carbonyl (C=O) groups excluding carboxylic acids is 3. The lowest BCUT2D eigenvalue weighted by Crippen LogP contribution is -2.55. The summed E-state index contributed by atoms with van der Waals surface area (Å²) in [5, 5.41) is 14.1. The maximum Gasteiger partial charge on any atom is 0.328 e. The number of amides is 2. The highest BCUT2D eigenvalue weighted by molar-refractivity contribution is 6.30. The van der Waals surface area contributed by atoms with Crippen LogP contribution in [0.3, 0.4) is 0 Å². The van der Waals surface area contributed by atoms with Crippen LogP contribution < -0.4 is 27.8 Å². The number of benzene rings is 2. The highest BCUT2D eigenvalue weighted by atomic mass is 35.5. The van der Waals surface area contributed by atoms with Gasteiger partial charge in [0, 0.05) is 17.1 Å². The fourth-order valence-electron chi connectivity index (χ4n) is 5.52. The Labute approximate surface area is 263 Å². The zero-order chi connectivity index (χ0) is 32.1. The first-order valence-corrected chi connectivity index (χ1v) is 15.5. The summed E-state index contributed by atoms with van der Waals surface area (Å²) >= 11 is 6.31. The van der Waals surface area contributed by atoms with Crippen molar-refractivity contribution in [1.82, 2.24) is 10.6 Å². The number of aliphatic imine (C=N–C) groups is 1. The summed E-state index contributed by atoms with van der Waals surface area (Å²) in [6.45, 7) is 2.16. The fourth-order valence-corrected chi connectivity index (χ4v) is 5.72. The summed E-state index contributed by atoms with van der Waals surface area (Å²) in [4.78, 5) is 44.7. The lowest BCUT2D eigenvalue weighted by molar-refractivity contribution is -0.148. The van der Waals surface area contributed by atoms with E-state index in [2.05, 4.69) is 15.6 Å². The molecule has 0 spiro atoms. The largest absolute Gasteiger partial charge is 0.464 e. The van der Waals surface area contributed by atoms with Crippen LogP contribution in [0, 0.1) is 11.3 Å². The zero-order valence-electron chi connectivity index (χ0n) is 25.2. The number of carbonyl (C=O) groups is 3. The van der Waals surface area contributed by atoms with E-state index in [9.17, 15) is 14.4 Å². The quantitative estimate of drug-likeness (QED) is 0.0755. The summed E-state index contributed by atoms with van der Waals surface area (Å²) < 4.78 is 5.23. The molecule has 3 atom stereocenters. The van der Waals surface area contributed by atoms with Gasteiger partial charge in [-0.05, 0) is 68.2 Å². The molecule has 0 radical (unpaired) electrons. The Balaban J connectivity index is 1.87. The normalized spacial score (nSPS) is 15.3. The average Bonchev–Trinajstić information content (AvgIpc) is 3.00. The highest BCUT2D eigenvalue weighted by Crippen LogP contribution is 2.29. The third kappa shape index (κ3) is 10.6. The zero-order valence-corrected chi connectivity index (χ0v) is 25.9. The smallest absolute Gasteiger partial charge is 0.328 e. The van der Waals surface area contributed by atoms with Gasteiger partial charge in [-0.15, -0.1) is 0 Å². The van der Waals surface area contributed by atoms with Crippen molar-refractivity contribution >= 4 is 41.2 Å². The Morgan fingerprint density at radius 3 is 2.34 bits per heavy atom. The molecule has 1 aliphatic rings. The fraction of sp³-hybridized carbons (Fsp3) is 0.469. The number of hydrogen-bond acceptors (Lipinski definition) is 6. The van der Waals surface area contributed by atoms with E-state index < -0.39 is 29.9 Å². The molecule has 2 aromatic rings. The SMILES string of the molecule is CCOC(=O)C(CCCN=C(N)N)NC(=O)[C@@H](NC(=O)[C@@H](Cc1ccc(C(=N)N)cc1)c1cccc(Cl)c1)C1CCCCC1. The number of nitrogens with one attached hydrogen (secondary N) is 3. The monoisotopic (exact) mass is 625 g/mol. The molecular formula is C32H44ClN7O4. The molecule has 0 bridgehead atoms. The van der Waals surface area contributed by atoms with Crippen molar-refractivity contribution in [3.8, 4) is 0 Å². The molecule has 0 aromatic heterocycles. The van der Waals surface area contributed by atoms with Gasteiger partial charge < -0.3 is 32.6 Å². The molecule has 11 nitrogen and oxygen atoms in total. The van der Waals surface area contributed by atoms with Crippen molar-refractivity contribution in [3.05, 3.63) is 70.2 Å². The second-order valence-corrected chi connectivity index (χ2v) is 11.5. The Hall–Kier alpha value is -4.12. The number of hydrogen-bond donors (Lipinski definition) is 6. The number of nitrogen functional groups attached to an aromatic ring is 1. The van der Waals surface area contributed by atoms with Crippen molar-refractivity contribution in [1.29, 1.82) is 5.41 Å². The van der Waals surface area contributed by atoms with Gasteiger partial charge in [0.05, 0.1) is 12.5 Å². The van der Waals surface area contributed by atoms with E-state index in [1.807, 2.05) is 18.2 Å². The van der Waals surface area contributed by atoms with Crippen LogP contribution >= 0.6 is 11.6 Å². The van der Waals surface area contributed by atoms with Gasteiger partial charge in [0.2, 0.25) is 11.8 Å². The molecule has 1 aliphatic carbocycles. The first-order valence-electron chi connectivity index (χ1n) is 15.1. The molecule has 2 amide bonds.